The zero-order valence-electron chi connectivity index (χ0n) is 11.2. The van der Waals surface area contributed by atoms with Gasteiger partial charge in [0.1, 0.15) is 12.4 Å². The first-order valence-electron chi connectivity index (χ1n) is 6.35. The molecule has 1 aromatic heterocycles. The Balaban J connectivity index is 2.39. The van der Waals surface area contributed by atoms with Gasteiger partial charge in [0.15, 0.2) is 0 Å². The van der Waals surface area contributed by atoms with Crippen LogP contribution in [0.25, 0.3) is 11.0 Å². The van der Waals surface area contributed by atoms with Crippen LogP contribution in [0, 0.1) is 0 Å². The van der Waals surface area contributed by atoms with Gasteiger partial charge in [-0.3, -0.25) is 4.79 Å². The third-order valence-electron chi connectivity index (χ3n) is 3.24. The summed E-state index contributed by atoms with van der Waals surface area (Å²) < 4.78 is 2.02. The van der Waals surface area contributed by atoms with Crippen molar-refractivity contribution in [3.8, 4) is 0 Å². The molecule has 4 nitrogen and oxygen atoms in total. The van der Waals surface area contributed by atoms with Crippen LogP contribution in [-0.2, 0) is 17.8 Å². The monoisotopic (exact) mass is 245 g/mol. The number of amides is 1. The molecule has 2 aromatic rings. The van der Waals surface area contributed by atoms with Gasteiger partial charge in [-0.2, -0.15) is 0 Å². The third-order valence-corrected chi connectivity index (χ3v) is 3.24. The Labute approximate surface area is 107 Å². The van der Waals surface area contributed by atoms with Gasteiger partial charge >= 0.3 is 0 Å². The van der Waals surface area contributed by atoms with Crippen molar-refractivity contribution in [1.29, 1.82) is 0 Å². The molecule has 0 saturated carbocycles. The summed E-state index contributed by atoms with van der Waals surface area (Å²) in [7, 11) is 1.83. The lowest BCUT2D eigenvalue weighted by Gasteiger charge is -2.16. The average Bonchev–Trinajstić information content (AvgIpc) is 2.76. The Morgan fingerprint density at radius 1 is 1.33 bits per heavy atom. The van der Waals surface area contributed by atoms with Gasteiger partial charge in [-0.1, -0.05) is 19.1 Å². The van der Waals surface area contributed by atoms with Gasteiger partial charge in [-0.05, 0) is 19.1 Å². The maximum Gasteiger partial charge on any atom is 0.242 e. The highest BCUT2D eigenvalue weighted by atomic mass is 16.2. The molecule has 0 atom stereocenters. The number of likely N-dealkylation sites (N-methyl/N-ethyl adjacent to an activating group) is 1. The molecule has 0 aliphatic rings. The quantitative estimate of drug-likeness (QED) is 0.827. The number of fused-ring (bicyclic) bond motifs is 1. The number of rotatable bonds is 4. The number of aromatic nitrogens is 2. The molecule has 0 aliphatic heterocycles. The SMILES string of the molecule is CCc1nc2ccccc2n1CC(=O)N(C)CC. The summed E-state index contributed by atoms with van der Waals surface area (Å²) in [5.41, 5.74) is 1.99. The van der Waals surface area contributed by atoms with Crippen molar-refractivity contribution in [3.63, 3.8) is 0 Å². The second kappa shape index (κ2) is 5.21. The van der Waals surface area contributed by atoms with Gasteiger partial charge in [-0.15, -0.1) is 0 Å². The minimum Gasteiger partial charge on any atom is -0.344 e. The van der Waals surface area contributed by atoms with Gasteiger partial charge in [0, 0.05) is 20.0 Å². The number of imidazole rings is 1. The maximum atomic E-state index is 12.0. The van der Waals surface area contributed by atoms with Crippen molar-refractivity contribution < 1.29 is 4.79 Å². The number of carbonyl (C=O) groups is 1. The Bertz CT molecular complexity index is 559. The van der Waals surface area contributed by atoms with Crippen LogP contribution >= 0.6 is 0 Å². The van der Waals surface area contributed by atoms with Crippen LogP contribution in [0.2, 0.25) is 0 Å². The van der Waals surface area contributed by atoms with E-state index < -0.39 is 0 Å². The van der Waals surface area contributed by atoms with E-state index in [0.29, 0.717) is 6.54 Å². The molecular weight excluding hydrogens is 226 g/mol. The summed E-state index contributed by atoms with van der Waals surface area (Å²) in [5.74, 6) is 1.09. The Hall–Kier alpha value is -1.84. The molecule has 0 bridgehead atoms. The van der Waals surface area contributed by atoms with E-state index in [9.17, 15) is 4.79 Å². The van der Waals surface area contributed by atoms with Crippen molar-refractivity contribution in [2.75, 3.05) is 13.6 Å². The molecule has 1 aromatic carbocycles. The molecule has 96 valence electrons. The molecule has 1 amide bonds. The zero-order chi connectivity index (χ0) is 13.1. The first kappa shape index (κ1) is 12.6. The van der Waals surface area contributed by atoms with Gasteiger partial charge in [-0.25, -0.2) is 4.98 Å². The first-order chi connectivity index (χ1) is 8.67. The van der Waals surface area contributed by atoms with E-state index >= 15 is 0 Å². The number of para-hydroxylation sites is 2. The molecule has 0 fully saturated rings. The van der Waals surface area contributed by atoms with Crippen LogP contribution in [0.1, 0.15) is 19.7 Å². The van der Waals surface area contributed by atoms with E-state index in [4.69, 9.17) is 0 Å². The molecule has 0 radical (unpaired) electrons. The summed E-state index contributed by atoms with van der Waals surface area (Å²) in [5, 5.41) is 0. The predicted octanol–water partition coefficient (Wildman–Crippen LogP) is 2.08. The van der Waals surface area contributed by atoms with Gasteiger partial charge in [0.2, 0.25) is 5.91 Å². The van der Waals surface area contributed by atoms with Crippen LogP contribution in [-0.4, -0.2) is 34.0 Å². The minimum atomic E-state index is 0.121. The molecular formula is C14H19N3O. The molecule has 0 N–H and O–H groups in total. The second-order valence-corrected chi connectivity index (χ2v) is 4.36. The van der Waals surface area contributed by atoms with E-state index in [0.717, 1.165) is 29.8 Å². The maximum absolute atomic E-state index is 12.0. The fourth-order valence-electron chi connectivity index (χ4n) is 2.00. The number of hydrogen-bond donors (Lipinski definition) is 0. The van der Waals surface area contributed by atoms with E-state index in [-0.39, 0.29) is 5.91 Å². The second-order valence-electron chi connectivity index (χ2n) is 4.36. The molecule has 1 heterocycles. The molecule has 2 rings (SSSR count). The first-order valence-corrected chi connectivity index (χ1v) is 6.35. The van der Waals surface area contributed by atoms with Crippen molar-refractivity contribution in [3.05, 3.63) is 30.1 Å². The number of benzene rings is 1. The number of carbonyl (C=O) groups excluding carboxylic acids is 1. The van der Waals surface area contributed by atoms with Gasteiger partial charge < -0.3 is 9.47 Å². The summed E-state index contributed by atoms with van der Waals surface area (Å²) >= 11 is 0. The molecule has 18 heavy (non-hydrogen) atoms. The Morgan fingerprint density at radius 3 is 2.72 bits per heavy atom. The van der Waals surface area contributed by atoms with Gasteiger partial charge in [0.05, 0.1) is 11.0 Å². The summed E-state index contributed by atoms with van der Waals surface area (Å²) in [6.45, 7) is 5.14. The Kier molecular flexibility index (Phi) is 3.65. The summed E-state index contributed by atoms with van der Waals surface area (Å²) in [4.78, 5) is 18.3. The minimum absolute atomic E-state index is 0.121. The number of aryl methyl sites for hydroxylation is 1. The lowest BCUT2D eigenvalue weighted by atomic mass is 10.3. The van der Waals surface area contributed by atoms with Gasteiger partial charge in [0.25, 0.3) is 0 Å². The van der Waals surface area contributed by atoms with E-state index in [1.54, 1.807) is 4.90 Å². The van der Waals surface area contributed by atoms with Crippen molar-refractivity contribution in [2.45, 2.75) is 26.8 Å². The average molecular weight is 245 g/mol. The summed E-state index contributed by atoms with van der Waals surface area (Å²) in [6.07, 6.45) is 0.831. The fourth-order valence-corrected chi connectivity index (χ4v) is 2.00. The molecule has 0 unspecified atom stereocenters. The van der Waals surface area contributed by atoms with E-state index in [1.165, 1.54) is 0 Å². The highest BCUT2D eigenvalue weighted by molar-refractivity contribution is 5.81. The van der Waals surface area contributed by atoms with Crippen LogP contribution in [0.3, 0.4) is 0 Å². The highest BCUT2D eigenvalue weighted by Gasteiger charge is 2.13. The standard InChI is InChI=1S/C14H19N3O/c1-4-13-15-11-8-6-7-9-12(11)17(13)10-14(18)16(3)5-2/h6-9H,4-5,10H2,1-3H3. The Morgan fingerprint density at radius 2 is 2.06 bits per heavy atom. The summed E-state index contributed by atoms with van der Waals surface area (Å²) in [6, 6.07) is 7.95. The number of hydrogen-bond acceptors (Lipinski definition) is 2. The van der Waals surface area contributed by atoms with Crippen molar-refractivity contribution in [1.82, 2.24) is 14.5 Å². The van der Waals surface area contributed by atoms with Crippen LogP contribution < -0.4 is 0 Å². The third kappa shape index (κ3) is 2.23. The number of nitrogens with zero attached hydrogens (tertiary/aromatic N) is 3. The van der Waals surface area contributed by atoms with Crippen LogP contribution in [0.15, 0.2) is 24.3 Å². The smallest absolute Gasteiger partial charge is 0.242 e. The topological polar surface area (TPSA) is 38.1 Å². The largest absolute Gasteiger partial charge is 0.344 e. The molecule has 4 heteroatoms. The molecule has 0 aliphatic carbocycles. The predicted molar refractivity (Wildman–Crippen MR) is 72.4 cm³/mol. The zero-order valence-corrected chi connectivity index (χ0v) is 11.2. The van der Waals surface area contributed by atoms with Crippen molar-refractivity contribution in [2.24, 2.45) is 0 Å². The molecule has 0 spiro atoms. The highest BCUT2D eigenvalue weighted by Crippen LogP contribution is 2.16. The fraction of sp³-hybridized carbons (Fsp3) is 0.429. The lowest BCUT2D eigenvalue weighted by Crippen LogP contribution is -2.30. The van der Waals surface area contributed by atoms with Crippen LogP contribution in [0.4, 0.5) is 0 Å². The van der Waals surface area contributed by atoms with Crippen LogP contribution in [0.5, 0.6) is 0 Å². The van der Waals surface area contributed by atoms with Crippen molar-refractivity contribution >= 4 is 16.9 Å². The molecule has 0 saturated heterocycles. The lowest BCUT2D eigenvalue weighted by molar-refractivity contribution is -0.130. The van der Waals surface area contributed by atoms with E-state index in [1.807, 2.05) is 42.8 Å². The normalized spacial score (nSPS) is 10.8. The van der Waals surface area contributed by atoms with E-state index in [2.05, 4.69) is 11.9 Å².